The lowest BCUT2D eigenvalue weighted by Gasteiger charge is -2.18. The minimum Gasteiger partial charge on any atom is -0.392 e. The van der Waals surface area contributed by atoms with Gasteiger partial charge in [0, 0.05) is 19.1 Å². The van der Waals surface area contributed by atoms with Gasteiger partial charge in [0.25, 0.3) is 0 Å². The van der Waals surface area contributed by atoms with Gasteiger partial charge in [0.15, 0.2) is 0 Å². The van der Waals surface area contributed by atoms with Gasteiger partial charge < -0.3 is 9.63 Å². The molecular weight excluding hydrogens is 259 g/mol. The number of rotatable bonds is 5. The van der Waals surface area contributed by atoms with E-state index in [1.807, 2.05) is 24.3 Å². The van der Waals surface area contributed by atoms with Crippen LogP contribution in [0.25, 0.3) is 0 Å². The van der Waals surface area contributed by atoms with Crippen molar-refractivity contribution in [2.45, 2.75) is 38.2 Å². The third kappa shape index (κ3) is 3.68. The Morgan fingerprint density at radius 2 is 1.89 bits per heavy atom. The Morgan fingerprint density at radius 3 is 2.42 bits per heavy atom. The van der Waals surface area contributed by atoms with Gasteiger partial charge in [-0.25, -0.2) is 0 Å². The highest BCUT2D eigenvalue weighted by molar-refractivity contribution is 7.66. The molecule has 1 aliphatic rings. The van der Waals surface area contributed by atoms with Crippen molar-refractivity contribution in [1.82, 2.24) is 0 Å². The Morgan fingerprint density at radius 1 is 1.32 bits per heavy atom. The van der Waals surface area contributed by atoms with Gasteiger partial charge in [-0.3, -0.25) is 4.57 Å². The first-order valence-corrected chi connectivity index (χ1v) is 9.01. The van der Waals surface area contributed by atoms with Gasteiger partial charge in [-0.15, -0.1) is 0 Å². The summed E-state index contributed by atoms with van der Waals surface area (Å²) in [6.45, 7) is 1.62. The highest BCUT2D eigenvalue weighted by Gasteiger charge is 2.23. The zero-order valence-electron chi connectivity index (χ0n) is 11.7. The maximum atomic E-state index is 12.1. The number of aliphatic hydroxyl groups is 1. The van der Waals surface area contributed by atoms with Crippen molar-refractivity contribution < 1.29 is 14.2 Å². The van der Waals surface area contributed by atoms with Gasteiger partial charge in [-0.2, -0.15) is 0 Å². The van der Waals surface area contributed by atoms with Gasteiger partial charge in [0.2, 0.25) is 7.37 Å². The van der Waals surface area contributed by atoms with Gasteiger partial charge in [-0.1, -0.05) is 25.0 Å². The van der Waals surface area contributed by atoms with Crippen LogP contribution < -0.4 is 5.30 Å². The molecule has 1 aromatic carbocycles. The summed E-state index contributed by atoms with van der Waals surface area (Å²) in [4.78, 5) is 0. The van der Waals surface area contributed by atoms with E-state index in [1.165, 1.54) is 20.0 Å². The minimum atomic E-state index is -2.66. The van der Waals surface area contributed by atoms with Crippen molar-refractivity contribution in [2.24, 2.45) is 5.92 Å². The molecule has 1 N–H and O–H groups in total. The Hall–Kier alpha value is -0.630. The predicted molar refractivity (Wildman–Crippen MR) is 78.3 cm³/mol. The molecule has 2 rings (SSSR count). The molecule has 1 unspecified atom stereocenters. The van der Waals surface area contributed by atoms with Gasteiger partial charge in [-0.05, 0) is 42.9 Å². The van der Waals surface area contributed by atoms with E-state index in [0.717, 1.165) is 23.7 Å². The number of hydrogen-bond acceptors (Lipinski definition) is 3. The lowest BCUT2D eigenvalue weighted by Crippen LogP contribution is -2.20. The summed E-state index contributed by atoms with van der Waals surface area (Å²) in [5.41, 5.74) is 1.10. The fraction of sp³-hybridized carbons (Fsp3) is 0.600. The summed E-state index contributed by atoms with van der Waals surface area (Å²) < 4.78 is 17.1. The lowest BCUT2D eigenvalue weighted by molar-refractivity contribution is 0.111. The van der Waals surface area contributed by atoms with Crippen molar-refractivity contribution in [3.8, 4) is 0 Å². The molecular formula is C15H23O3P. The van der Waals surface area contributed by atoms with Crippen LogP contribution in [0.3, 0.4) is 0 Å². The first-order chi connectivity index (χ1) is 9.03. The molecule has 0 amide bonds. The second kappa shape index (κ2) is 6.21. The quantitative estimate of drug-likeness (QED) is 0.845. The zero-order chi connectivity index (χ0) is 13.9. The third-order valence-corrected chi connectivity index (χ3v) is 6.08. The highest BCUT2D eigenvalue weighted by Crippen LogP contribution is 2.39. The van der Waals surface area contributed by atoms with E-state index >= 15 is 0 Å². The van der Waals surface area contributed by atoms with Crippen LogP contribution in [0.4, 0.5) is 0 Å². The van der Waals surface area contributed by atoms with Gasteiger partial charge >= 0.3 is 0 Å². The van der Waals surface area contributed by atoms with Crippen LogP contribution >= 0.6 is 7.37 Å². The summed E-state index contributed by atoms with van der Waals surface area (Å²) in [6, 6.07) is 7.59. The average Bonchev–Trinajstić information content (AvgIpc) is 2.93. The summed E-state index contributed by atoms with van der Waals surface area (Å²) in [5, 5.41) is 10.9. The molecule has 4 heteroatoms. The molecule has 0 heterocycles. The molecule has 1 aromatic rings. The molecule has 1 saturated carbocycles. The fourth-order valence-corrected chi connectivity index (χ4v) is 3.66. The summed E-state index contributed by atoms with van der Waals surface area (Å²) in [7, 11) is -1.19. The second-order valence-electron chi connectivity index (χ2n) is 5.51. The highest BCUT2D eigenvalue weighted by atomic mass is 31.2. The fourth-order valence-electron chi connectivity index (χ4n) is 2.76. The van der Waals surface area contributed by atoms with E-state index in [2.05, 4.69) is 0 Å². The summed E-state index contributed by atoms with van der Waals surface area (Å²) in [6.07, 6.45) is 5.22. The summed E-state index contributed by atoms with van der Waals surface area (Å²) in [5.74, 6) is 0.455. The molecule has 106 valence electrons. The molecule has 2 atom stereocenters. The molecule has 1 aliphatic carbocycles. The first-order valence-electron chi connectivity index (χ1n) is 6.94. The van der Waals surface area contributed by atoms with E-state index in [9.17, 15) is 9.67 Å². The van der Waals surface area contributed by atoms with Crippen molar-refractivity contribution in [1.29, 1.82) is 0 Å². The van der Waals surface area contributed by atoms with Crippen molar-refractivity contribution >= 4 is 12.7 Å². The smallest absolute Gasteiger partial charge is 0.228 e. The van der Waals surface area contributed by atoms with E-state index < -0.39 is 7.37 Å². The van der Waals surface area contributed by atoms with Crippen LogP contribution in [-0.4, -0.2) is 25.0 Å². The maximum absolute atomic E-state index is 12.1. The standard InChI is InChI=1S/C15H23O3P/c1-18-19(2,17)14-9-7-12(8-10-14)11-15(16)13-5-3-4-6-13/h7-10,13,15-16H,3-6,11H2,1-2H3/t15-,19?/m1/s1. The topological polar surface area (TPSA) is 46.5 Å². The third-order valence-electron chi connectivity index (χ3n) is 4.14. The SMILES string of the molecule is COP(C)(=O)c1ccc(C[C@@H](O)C2CCCC2)cc1. The van der Waals surface area contributed by atoms with Crippen LogP contribution in [0.15, 0.2) is 24.3 Å². The molecule has 0 aliphatic heterocycles. The first kappa shape index (κ1) is 14.8. The largest absolute Gasteiger partial charge is 0.392 e. The maximum Gasteiger partial charge on any atom is 0.228 e. The van der Waals surface area contributed by atoms with Crippen LogP contribution in [-0.2, 0) is 15.5 Å². The lowest BCUT2D eigenvalue weighted by atomic mass is 9.95. The molecule has 0 aromatic heterocycles. The Kier molecular flexibility index (Phi) is 4.83. The monoisotopic (exact) mass is 282 g/mol. The molecule has 19 heavy (non-hydrogen) atoms. The molecule has 0 radical (unpaired) electrons. The Bertz CT molecular complexity index is 449. The predicted octanol–water partition coefficient (Wildman–Crippen LogP) is 2.96. The molecule has 0 spiro atoms. The summed E-state index contributed by atoms with van der Waals surface area (Å²) >= 11 is 0. The second-order valence-corrected chi connectivity index (χ2v) is 8.08. The molecule has 1 fully saturated rings. The van der Waals surface area contributed by atoms with Crippen molar-refractivity contribution in [3.05, 3.63) is 29.8 Å². The Balaban J connectivity index is 2.00. The van der Waals surface area contributed by atoms with Crippen LogP contribution in [0.1, 0.15) is 31.2 Å². The molecule has 0 saturated heterocycles. The van der Waals surface area contributed by atoms with Crippen molar-refractivity contribution in [3.63, 3.8) is 0 Å². The zero-order valence-corrected chi connectivity index (χ0v) is 12.6. The number of benzene rings is 1. The van der Waals surface area contributed by atoms with Crippen LogP contribution in [0.2, 0.25) is 0 Å². The van der Waals surface area contributed by atoms with E-state index in [4.69, 9.17) is 4.52 Å². The molecule has 0 bridgehead atoms. The van der Waals surface area contributed by atoms with Gasteiger partial charge in [0.1, 0.15) is 0 Å². The van der Waals surface area contributed by atoms with E-state index in [-0.39, 0.29) is 6.10 Å². The van der Waals surface area contributed by atoms with Gasteiger partial charge in [0.05, 0.1) is 6.10 Å². The average molecular weight is 282 g/mol. The van der Waals surface area contributed by atoms with Crippen LogP contribution in [0.5, 0.6) is 0 Å². The molecule has 3 nitrogen and oxygen atoms in total. The van der Waals surface area contributed by atoms with E-state index in [0.29, 0.717) is 12.3 Å². The number of aliphatic hydroxyl groups excluding tert-OH is 1. The number of hydrogen-bond donors (Lipinski definition) is 1. The van der Waals surface area contributed by atoms with Crippen molar-refractivity contribution in [2.75, 3.05) is 13.8 Å². The van der Waals surface area contributed by atoms with Crippen LogP contribution in [0, 0.1) is 5.92 Å². The Labute approximate surface area is 115 Å². The normalized spacial score (nSPS) is 21.2. The minimum absolute atomic E-state index is 0.246. The van der Waals surface area contributed by atoms with E-state index in [1.54, 1.807) is 6.66 Å².